The van der Waals surface area contributed by atoms with Gasteiger partial charge in [-0.2, -0.15) is 4.31 Å². The zero-order chi connectivity index (χ0) is 18.6. The predicted octanol–water partition coefficient (Wildman–Crippen LogP) is 2.41. The molecule has 0 spiro atoms. The molecule has 138 valence electrons. The van der Waals surface area contributed by atoms with Gasteiger partial charge in [-0.25, -0.2) is 13.2 Å². The van der Waals surface area contributed by atoms with Gasteiger partial charge >= 0.3 is 6.03 Å². The molecule has 26 heavy (non-hydrogen) atoms. The Hall–Kier alpha value is -2.58. The van der Waals surface area contributed by atoms with Crippen LogP contribution in [0.2, 0.25) is 0 Å². The molecular weight excluding hydrogens is 352 g/mol. The van der Waals surface area contributed by atoms with Gasteiger partial charge in [-0.1, -0.05) is 24.3 Å². The SMILES string of the molecule is CS(=O)(=O)N1CCN(c2cccc(NC(=O)Nc3ccccc3)c2)CC1. The van der Waals surface area contributed by atoms with Gasteiger partial charge < -0.3 is 15.5 Å². The lowest BCUT2D eigenvalue weighted by Crippen LogP contribution is -2.48. The minimum absolute atomic E-state index is 0.310. The Bertz CT molecular complexity index is 863. The molecule has 2 N–H and O–H groups in total. The van der Waals surface area contributed by atoms with Crippen molar-refractivity contribution < 1.29 is 13.2 Å². The molecular formula is C18H22N4O3S. The average molecular weight is 374 g/mol. The van der Waals surface area contributed by atoms with Crippen molar-refractivity contribution in [2.75, 3.05) is 48.0 Å². The zero-order valence-corrected chi connectivity index (χ0v) is 15.4. The number of sulfonamides is 1. The first-order valence-electron chi connectivity index (χ1n) is 8.35. The van der Waals surface area contributed by atoms with E-state index in [2.05, 4.69) is 15.5 Å². The standard InChI is InChI=1S/C18H22N4O3S/c1-26(24,25)22-12-10-21(11-13-22)17-9-5-8-16(14-17)20-18(23)19-15-6-3-2-4-7-15/h2-9,14H,10-13H2,1H3,(H2,19,20,23). The topological polar surface area (TPSA) is 81.8 Å². The third-order valence-corrected chi connectivity index (χ3v) is 5.51. The minimum atomic E-state index is -3.14. The molecule has 0 saturated carbocycles. The second-order valence-corrected chi connectivity index (χ2v) is 8.13. The van der Waals surface area contributed by atoms with Crippen LogP contribution in [0, 0.1) is 0 Å². The van der Waals surface area contributed by atoms with E-state index in [1.165, 1.54) is 10.6 Å². The van der Waals surface area contributed by atoms with Crippen LogP contribution in [0.5, 0.6) is 0 Å². The minimum Gasteiger partial charge on any atom is -0.369 e. The molecule has 1 aliphatic rings. The number of nitrogens with one attached hydrogen (secondary N) is 2. The van der Waals surface area contributed by atoms with E-state index < -0.39 is 10.0 Å². The molecule has 2 aromatic rings. The average Bonchev–Trinajstić information content (AvgIpc) is 2.62. The fraction of sp³-hybridized carbons (Fsp3) is 0.278. The van der Waals surface area contributed by atoms with Gasteiger partial charge in [-0.15, -0.1) is 0 Å². The summed E-state index contributed by atoms with van der Waals surface area (Å²) in [5.74, 6) is 0. The van der Waals surface area contributed by atoms with Crippen LogP contribution < -0.4 is 15.5 Å². The summed E-state index contributed by atoms with van der Waals surface area (Å²) in [6.07, 6.45) is 1.23. The normalized spacial score (nSPS) is 15.5. The van der Waals surface area contributed by atoms with Crippen molar-refractivity contribution in [3.05, 3.63) is 54.6 Å². The molecule has 0 bridgehead atoms. The van der Waals surface area contributed by atoms with Crippen LogP contribution in [0.3, 0.4) is 0 Å². The van der Waals surface area contributed by atoms with E-state index in [1.807, 2.05) is 54.6 Å². The molecule has 0 atom stereocenters. The highest BCUT2D eigenvalue weighted by Crippen LogP contribution is 2.21. The van der Waals surface area contributed by atoms with Gasteiger partial charge in [0.2, 0.25) is 10.0 Å². The van der Waals surface area contributed by atoms with E-state index in [9.17, 15) is 13.2 Å². The van der Waals surface area contributed by atoms with Crippen molar-refractivity contribution in [3.63, 3.8) is 0 Å². The number of hydrogen-bond acceptors (Lipinski definition) is 4. The molecule has 0 unspecified atom stereocenters. The molecule has 0 aromatic heterocycles. The van der Waals surface area contributed by atoms with Crippen LogP contribution in [-0.4, -0.2) is 51.2 Å². The Morgan fingerprint density at radius 2 is 1.50 bits per heavy atom. The third kappa shape index (κ3) is 4.74. The Morgan fingerprint density at radius 1 is 0.885 bits per heavy atom. The molecule has 0 aliphatic carbocycles. The zero-order valence-electron chi connectivity index (χ0n) is 14.6. The smallest absolute Gasteiger partial charge is 0.323 e. The summed E-state index contributed by atoms with van der Waals surface area (Å²) >= 11 is 0. The summed E-state index contributed by atoms with van der Waals surface area (Å²) in [6, 6.07) is 16.5. The first-order valence-corrected chi connectivity index (χ1v) is 10.2. The molecule has 1 heterocycles. The molecule has 3 rings (SSSR count). The molecule has 0 radical (unpaired) electrons. The van der Waals surface area contributed by atoms with Crippen molar-refractivity contribution in [3.8, 4) is 0 Å². The van der Waals surface area contributed by atoms with Crippen LogP contribution in [0.25, 0.3) is 0 Å². The van der Waals surface area contributed by atoms with E-state index in [-0.39, 0.29) is 6.03 Å². The van der Waals surface area contributed by atoms with E-state index in [4.69, 9.17) is 0 Å². The van der Waals surface area contributed by atoms with Crippen LogP contribution in [0.15, 0.2) is 54.6 Å². The Labute approximate surface area is 153 Å². The third-order valence-electron chi connectivity index (χ3n) is 4.21. The number of para-hydroxylation sites is 1. The molecule has 1 fully saturated rings. The molecule has 1 saturated heterocycles. The number of carbonyl (C=O) groups is 1. The van der Waals surface area contributed by atoms with Crippen LogP contribution in [-0.2, 0) is 10.0 Å². The summed E-state index contributed by atoms with van der Waals surface area (Å²) in [4.78, 5) is 14.2. The van der Waals surface area contributed by atoms with Gasteiger partial charge in [0.1, 0.15) is 0 Å². The highest BCUT2D eigenvalue weighted by molar-refractivity contribution is 7.88. The molecule has 1 aliphatic heterocycles. The lowest BCUT2D eigenvalue weighted by atomic mass is 10.2. The van der Waals surface area contributed by atoms with Crippen molar-refractivity contribution in [2.45, 2.75) is 0 Å². The van der Waals surface area contributed by atoms with Crippen molar-refractivity contribution in [2.24, 2.45) is 0 Å². The van der Waals surface area contributed by atoms with Crippen LogP contribution >= 0.6 is 0 Å². The number of urea groups is 1. The largest absolute Gasteiger partial charge is 0.369 e. The van der Waals surface area contributed by atoms with Gasteiger partial charge in [-0.05, 0) is 30.3 Å². The number of carbonyl (C=O) groups excluding carboxylic acids is 1. The fourth-order valence-corrected chi connectivity index (χ4v) is 3.70. The van der Waals surface area contributed by atoms with E-state index in [0.29, 0.717) is 31.9 Å². The number of hydrogen-bond donors (Lipinski definition) is 2. The van der Waals surface area contributed by atoms with Crippen molar-refractivity contribution in [1.82, 2.24) is 4.31 Å². The Kier molecular flexibility index (Phi) is 5.43. The summed E-state index contributed by atoms with van der Waals surface area (Å²) < 4.78 is 24.7. The number of nitrogens with zero attached hydrogens (tertiary/aromatic N) is 2. The van der Waals surface area contributed by atoms with E-state index >= 15 is 0 Å². The number of piperazine rings is 1. The lowest BCUT2D eigenvalue weighted by Gasteiger charge is -2.34. The van der Waals surface area contributed by atoms with E-state index in [1.54, 1.807) is 0 Å². The van der Waals surface area contributed by atoms with Gasteiger partial charge in [0.15, 0.2) is 0 Å². The van der Waals surface area contributed by atoms with Crippen molar-refractivity contribution in [1.29, 1.82) is 0 Å². The lowest BCUT2D eigenvalue weighted by molar-refractivity contribution is 0.262. The molecule has 2 aromatic carbocycles. The van der Waals surface area contributed by atoms with Gasteiger partial charge in [0.25, 0.3) is 0 Å². The first kappa shape index (κ1) is 18.2. The highest BCUT2D eigenvalue weighted by Gasteiger charge is 2.23. The highest BCUT2D eigenvalue weighted by atomic mass is 32.2. The predicted molar refractivity (Wildman–Crippen MR) is 104 cm³/mol. The van der Waals surface area contributed by atoms with Gasteiger partial charge in [0, 0.05) is 43.2 Å². The first-order chi connectivity index (χ1) is 12.4. The molecule has 7 nitrogen and oxygen atoms in total. The van der Waals surface area contributed by atoms with Gasteiger partial charge in [-0.3, -0.25) is 0 Å². The molecule has 8 heteroatoms. The summed E-state index contributed by atoms with van der Waals surface area (Å²) in [6.45, 7) is 2.16. The monoisotopic (exact) mass is 374 g/mol. The quantitative estimate of drug-likeness (QED) is 0.861. The van der Waals surface area contributed by atoms with Gasteiger partial charge in [0.05, 0.1) is 6.26 Å². The Balaban J connectivity index is 1.61. The van der Waals surface area contributed by atoms with Crippen LogP contribution in [0.1, 0.15) is 0 Å². The fourth-order valence-electron chi connectivity index (χ4n) is 2.87. The number of benzene rings is 2. The number of amides is 2. The maximum absolute atomic E-state index is 12.1. The summed E-state index contributed by atoms with van der Waals surface area (Å²) in [7, 11) is -3.14. The number of rotatable bonds is 4. The van der Waals surface area contributed by atoms with Crippen molar-refractivity contribution >= 4 is 33.1 Å². The van der Waals surface area contributed by atoms with Crippen LogP contribution in [0.4, 0.5) is 21.9 Å². The second kappa shape index (κ2) is 7.76. The second-order valence-electron chi connectivity index (χ2n) is 6.14. The molecule has 2 amide bonds. The summed E-state index contributed by atoms with van der Waals surface area (Å²) in [5, 5.41) is 5.59. The maximum atomic E-state index is 12.1. The summed E-state index contributed by atoms with van der Waals surface area (Å²) in [5.41, 5.74) is 2.36. The van der Waals surface area contributed by atoms with E-state index in [0.717, 1.165) is 11.4 Å². The Morgan fingerprint density at radius 3 is 2.15 bits per heavy atom. The maximum Gasteiger partial charge on any atom is 0.323 e. The number of anilines is 3.